The van der Waals surface area contributed by atoms with Gasteiger partial charge in [-0.1, -0.05) is 11.3 Å². The molecule has 3 rings (SSSR count). The van der Waals surface area contributed by atoms with Crippen LogP contribution in [0, 0.1) is 11.9 Å². The number of nitrogens with one attached hydrogen (secondary N) is 1. The van der Waals surface area contributed by atoms with Crippen LogP contribution in [-0.2, 0) is 9.68 Å². The van der Waals surface area contributed by atoms with Crippen LogP contribution in [0.1, 0.15) is 12.8 Å². The second-order valence-electron chi connectivity index (χ2n) is 5.48. The number of anilines is 2. The summed E-state index contributed by atoms with van der Waals surface area (Å²) < 4.78 is 20.0. The zero-order valence-electron chi connectivity index (χ0n) is 13.2. The SMILES string of the molecule is COc1nc(F)c(N(C)CCOO)c2sc(NC(=O)C3CC3)nc12. The van der Waals surface area contributed by atoms with Gasteiger partial charge in [0, 0.05) is 19.5 Å². The molecule has 0 radical (unpaired) electrons. The number of likely N-dealkylation sites (N-methyl/N-ethyl adjacent to an activating group) is 1. The normalized spacial score (nSPS) is 14.0. The Balaban J connectivity index is 2.01. The van der Waals surface area contributed by atoms with Crippen LogP contribution >= 0.6 is 11.3 Å². The van der Waals surface area contributed by atoms with Gasteiger partial charge in [0.05, 0.1) is 18.4 Å². The van der Waals surface area contributed by atoms with E-state index in [1.54, 1.807) is 11.9 Å². The number of nitrogens with zero attached hydrogens (tertiary/aromatic N) is 3. The molecule has 2 aromatic rings. The Morgan fingerprint density at radius 1 is 1.50 bits per heavy atom. The van der Waals surface area contributed by atoms with E-state index in [1.807, 2.05) is 0 Å². The minimum absolute atomic E-state index is 0.00748. The molecule has 10 heteroatoms. The fourth-order valence-electron chi connectivity index (χ4n) is 2.28. The molecule has 0 saturated heterocycles. The molecule has 24 heavy (non-hydrogen) atoms. The highest BCUT2D eigenvalue weighted by atomic mass is 32.1. The van der Waals surface area contributed by atoms with E-state index in [9.17, 15) is 9.18 Å². The van der Waals surface area contributed by atoms with Gasteiger partial charge in [-0.2, -0.15) is 9.37 Å². The molecule has 2 N–H and O–H groups in total. The van der Waals surface area contributed by atoms with E-state index in [1.165, 1.54) is 7.11 Å². The lowest BCUT2D eigenvalue weighted by atomic mass is 10.3. The van der Waals surface area contributed by atoms with Gasteiger partial charge in [-0.25, -0.2) is 9.87 Å². The molecule has 1 fully saturated rings. The van der Waals surface area contributed by atoms with E-state index >= 15 is 0 Å². The summed E-state index contributed by atoms with van der Waals surface area (Å²) in [5.41, 5.74) is 0.592. The number of aromatic nitrogens is 2. The van der Waals surface area contributed by atoms with Gasteiger partial charge in [0.2, 0.25) is 17.7 Å². The first-order valence-electron chi connectivity index (χ1n) is 7.37. The number of carbonyl (C=O) groups excluding carboxylic acids is 1. The Bertz CT molecular complexity index is 765. The maximum absolute atomic E-state index is 14.4. The quantitative estimate of drug-likeness (QED) is 0.445. The third-order valence-electron chi connectivity index (χ3n) is 3.71. The maximum Gasteiger partial charge on any atom is 0.244 e. The van der Waals surface area contributed by atoms with Gasteiger partial charge in [-0.15, -0.1) is 0 Å². The number of pyridine rings is 1. The molecule has 1 amide bonds. The second kappa shape index (κ2) is 6.83. The van der Waals surface area contributed by atoms with Crippen LogP contribution in [0.3, 0.4) is 0 Å². The van der Waals surface area contributed by atoms with E-state index in [-0.39, 0.29) is 36.5 Å². The van der Waals surface area contributed by atoms with Gasteiger partial charge < -0.3 is 15.0 Å². The van der Waals surface area contributed by atoms with Crippen molar-refractivity contribution in [1.29, 1.82) is 0 Å². The zero-order valence-corrected chi connectivity index (χ0v) is 14.0. The molecule has 0 unspecified atom stereocenters. The molecule has 0 aromatic carbocycles. The highest BCUT2D eigenvalue weighted by Crippen LogP contribution is 2.40. The summed E-state index contributed by atoms with van der Waals surface area (Å²) in [6.45, 7) is 0.256. The number of amides is 1. The molecule has 1 aliphatic rings. The van der Waals surface area contributed by atoms with Gasteiger partial charge in [0.25, 0.3) is 0 Å². The number of thiazole rings is 1. The lowest BCUT2D eigenvalue weighted by Gasteiger charge is -2.19. The van der Waals surface area contributed by atoms with Crippen molar-refractivity contribution in [3.63, 3.8) is 0 Å². The first kappa shape index (κ1) is 16.8. The van der Waals surface area contributed by atoms with Gasteiger partial charge in [-0.05, 0) is 12.8 Å². The molecule has 2 heterocycles. The van der Waals surface area contributed by atoms with Gasteiger partial charge in [-0.3, -0.25) is 10.1 Å². The Morgan fingerprint density at radius 2 is 2.25 bits per heavy atom. The topological polar surface area (TPSA) is 96.8 Å². The van der Waals surface area contributed by atoms with E-state index in [0.29, 0.717) is 15.3 Å². The van der Waals surface area contributed by atoms with Gasteiger partial charge in [0.1, 0.15) is 11.2 Å². The molecule has 130 valence electrons. The molecule has 8 nitrogen and oxygen atoms in total. The first-order chi connectivity index (χ1) is 11.5. The number of carbonyl (C=O) groups is 1. The van der Waals surface area contributed by atoms with Crippen molar-refractivity contribution in [2.24, 2.45) is 5.92 Å². The lowest BCUT2D eigenvalue weighted by molar-refractivity contribution is -0.239. The monoisotopic (exact) mass is 356 g/mol. The van der Waals surface area contributed by atoms with Crippen molar-refractivity contribution in [3.8, 4) is 5.88 Å². The molecular weight excluding hydrogens is 339 g/mol. The Kier molecular flexibility index (Phi) is 4.78. The highest BCUT2D eigenvalue weighted by molar-refractivity contribution is 7.23. The Hall–Kier alpha value is -2.04. The summed E-state index contributed by atoms with van der Waals surface area (Å²) in [5.74, 6) is -0.701. The van der Waals surface area contributed by atoms with E-state index in [2.05, 4.69) is 20.2 Å². The smallest absolute Gasteiger partial charge is 0.244 e. The average Bonchev–Trinajstić information content (AvgIpc) is 3.33. The first-order valence-corrected chi connectivity index (χ1v) is 8.19. The third kappa shape index (κ3) is 3.25. The number of ether oxygens (including phenoxy) is 1. The van der Waals surface area contributed by atoms with Crippen LogP contribution < -0.4 is 15.0 Å². The summed E-state index contributed by atoms with van der Waals surface area (Å²) in [5, 5.41) is 11.6. The number of hydrogen-bond donors (Lipinski definition) is 2. The summed E-state index contributed by atoms with van der Waals surface area (Å²) in [7, 11) is 3.03. The van der Waals surface area contributed by atoms with Crippen LogP contribution in [0.25, 0.3) is 10.2 Å². The van der Waals surface area contributed by atoms with E-state index in [4.69, 9.17) is 9.99 Å². The van der Waals surface area contributed by atoms with Crippen LogP contribution in [-0.4, -0.2) is 48.4 Å². The molecule has 0 aliphatic heterocycles. The number of halogens is 1. The fourth-order valence-corrected chi connectivity index (χ4v) is 3.33. The van der Waals surface area contributed by atoms with Crippen molar-refractivity contribution in [2.75, 3.05) is 37.5 Å². The summed E-state index contributed by atoms with van der Waals surface area (Å²) >= 11 is 1.15. The zero-order chi connectivity index (χ0) is 17.3. The molecule has 0 atom stereocenters. The average molecular weight is 356 g/mol. The minimum Gasteiger partial charge on any atom is -0.479 e. The molecule has 0 bridgehead atoms. The predicted octanol–water partition coefficient (Wildman–Crippen LogP) is 2.11. The largest absolute Gasteiger partial charge is 0.479 e. The molecular formula is C14H17FN4O4S. The van der Waals surface area contributed by atoms with Crippen molar-refractivity contribution >= 4 is 38.3 Å². The van der Waals surface area contributed by atoms with E-state index in [0.717, 1.165) is 24.2 Å². The maximum atomic E-state index is 14.4. The highest BCUT2D eigenvalue weighted by Gasteiger charge is 2.31. The summed E-state index contributed by atoms with van der Waals surface area (Å²) in [6.07, 6.45) is 1.76. The molecule has 0 spiro atoms. The minimum atomic E-state index is -0.719. The number of rotatable bonds is 7. The Morgan fingerprint density at radius 3 is 2.88 bits per heavy atom. The van der Waals surface area contributed by atoms with Crippen LogP contribution in [0.2, 0.25) is 0 Å². The Labute approximate surface area is 141 Å². The van der Waals surface area contributed by atoms with Crippen LogP contribution in [0.5, 0.6) is 5.88 Å². The van der Waals surface area contributed by atoms with Crippen molar-refractivity contribution < 1.29 is 24.1 Å². The lowest BCUT2D eigenvalue weighted by Crippen LogP contribution is -2.23. The van der Waals surface area contributed by atoms with E-state index < -0.39 is 5.95 Å². The van der Waals surface area contributed by atoms with Crippen molar-refractivity contribution in [1.82, 2.24) is 9.97 Å². The summed E-state index contributed by atoms with van der Waals surface area (Å²) in [6, 6.07) is 0. The molecule has 1 aliphatic carbocycles. The van der Waals surface area contributed by atoms with Crippen LogP contribution in [0.4, 0.5) is 15.2 Å². The number of hydrogen-bond acceptors (Lipinski definition) is 8. The second-order valence-corrected chi connectivity index (χ2v) is 6.47. The van der Waals surface area contributed by atoms with Crippen molar-refractivity contribution in [3.05, 3.63) is 5.95 Å². The number of fused-ring (bicyclic) bond motifs is 1. The molecule has 1 saturated carbocycles. The number of methoxy groups -OCH3 is 1. The third-order valence-corrected chi connectivity index (χ3v) is 4.69. The van der Waals surface area contributed by atoms with Gasteiger partial charge >= 0.3 is 0 Å². The molecule has 2 aromatic heterocycles. The standard InChI is InChI=1S/C14H17FN4O4S/c1-19(5-6-23-21)9-10-8(13(22-2)17-11(9)15)16-14(24-10)18-12(20)7-3-4-7/h7,21H,3-6H2,1-2H3,(H,16,18,20). The van der Waals surface area contributed by atoms with Crippen molar-refractivity contribution in [2.45, 2.75) is 12.8 Å². The van der Waals surface area contributed by atoms with Crippen LogP contribution in [0.15, 0.2) is 0 Å². The fraction of sp³-hybridized carbons (Fsp3) is 0.500. The van der Waals surface area contributed by atoms with Gasteiger partial charge in [0.15, 0.2) is 5.13 Å². The summed E-state index contributed by atoms with van der Waals surface area (Å²) in [4.78, 5) is 25.6. The predicted molar refractivity (Wildman–Crippen MR) is 87.1 cm³/mol.